The van der Waals surface area contributed by atoms with E-state index in [0.717, 1.165) is 27.0 Å². The Bertz CT molecular complexity index is 1780. The number of amides is 5. The number of halogens is 2. The van der Waals surface area contributed by atoms with Gasteiger partial charge in [-0.3, -0.25) is 14.4 Å². The van der Waals surface area contributed by atoms with E-state index in [1.165, 1.54) is 11.9 Å². The molecule has 2 fully saturated rings. The average molecular weight is 766 g/mol. The first-order valence-corrected chi connectivity index (χ1v) is 19.9. The molecule has 6 atom stereocenters. The number of aromatic nitrogens is 1. The Kier molecular flexibility index (Phi) is 12.3. The highest BCUT2D eigenvalue weighted by atomic mass is 32.2. The van der Waals surface area contributed by atoms with Crippen molar-refractivity contribution in [3.05, 3.63) is 36.0 Å². The Morgan fingerprint density at radius 2 is 1.66 bits per heavy atom. The second-order valence-corrected chi connectivity index (χ2v) is 19.4. The molecule has 296 valence electrons. The monoisotopic (exact) mass is 765 g/mol. The number of carbonyl (C=O) groups excluding carboxylic acids is 4. The van der Waals surface area contributed by atoms with E-state index in [9.17, 15) is 36.4 Å². The number of H-pyrrole nitrogens is 1. The summed E-state index contributed by atoms with van der Waals surface area (Å²) in [5, 5.41) is 11.9. The Hall–Kier alpha value is -3.79. The van der Waals surface area contributed by atoms with Crippen molar-refractivity contribution < 1.29 is 36.4 Å². The molecule has 5 amide bonds. The van der Waals surface area contributed by atoms with E-state index in [2.05, 4.69) is 26.3 Å². The summed E-state index contributed by atoms with van der Waals surface area (Å²) < 4.78 is 53.0. The molecule has 1 saturated heterocycles. The molecule has 0 spiro atoms. The lowest BCUT2D eigenvalue weighted by Gasteiger charge is -2.39. The molecule has 4 rings (SSSR count). The van der Waals surface area contributed by atoms with Crippen LogP contribution in [0, 0.1) is 28.1 Å². The fourth-order valence-electron chi connectivity index (χ4n) is 7.34. The number of alkyl halides is 2. The van der Waals surface area contributed by atoms with Gasteiger partial charge >= 0.3 is 6.03 Å². The number of fused-ring (bicyclic) bond motifs is 2. The number of nitrogens with one attached hydrogen (secondary N) is 5. The summed E-state index contributed by atoms with van der Waals surface area (Å²) in [5.74, 6) is -2.31. The van der Waals surface area contributed by atoms with Crippen molar-refractivity contribution in [1.82, 2.24) is 35.5 Å². The zero-order valence-electron chi connectivity index (χ0n) is 32.5. The predicted octanol–water partition coefficient (Wildman–Crippen LogP) is 3.47. The minimum atomic E-state index is -3.54. The lowest BCUT2D eigenvalue weighted by Crippen LogP contribution is -2.62. The van der Waals surface area contributed by atoms with Crippen LogP contribution in [0.4, 0.5) is 13.6 Å². The van der Waals surface area contributed by atoms with E-state index < -0.39 is 81.6 Å². The fourth-order valence-corrected chi connectivity index (χ4v) is 7.76. The van der Waals surface area contributed by atoms with Gasteiger partial charge in [0, 0.05) is 56.2 Å². The van der Waals surface area contributed by atoms with Crippen molar-refractivity contribution in [3.8, 4) is 0 Å². The van der Waals surface area contributed by atoms with Crippen LogP contribution < -0.4 is 21.3 Å². The molecule has 0 radical (unpaired) electrons. The van der Waals surface area contributed by atoms with Crippen LogP contribution in [0.15, 0.2) is 30.5 Å². The third kappa shape index (κ3) is 9.85. The van der Waals surface area contributed by atoms with Crippen molar-refractivity contribution >= 4 is 44.7 Å². The molecule has 2 heterocycles. The van der Waals surface area contributed by atoms with Crippen molar-refractivity contribution in [2.24, 2.45) is 28.1 Å². The number of aromatic amines is 1. The number of hydrogen-bond donors (Lipinski definition) is 5. The number of rotatable bonds is 14. The highest BCUT2D eigenvalue weighted by Crippen LogP contribution is 2.65. The van der Waals surface area contributed by atoms with Gasteiger partial charge in [0.1, 0.15) is 18.1 Å². The van der Waals surface area contributed by atoms with Gasteiger partial charge in [-0.15, -0.1) is 0 Å². The smallest absolute Gasteiger partial charge is 0.315 e. The van der Waals surface area contributed by atoms with Gasteiger partial charge in [0.2, 0.25) is 34.2 Å². The van der Waals surface area contributed by atoms with Crippen LogP contribution in [0.1, 0.15) is 67.4 Å². The molecule has 2 aromatic rings. The number of carbonyl (C=O) groups is 4. The number of likely N-dealkylation sites (N-methyl/N-ethyl adjacent to an activating group) is 1. The first-order chi connectivity index (χ1) is 24.3. The molecule has 0 bridgehead atoms. The Morgan fingerprint density at radius 1 is 1.02 bits per heavy atom. The van der Waals surface area contributed by atoms with Crippen molar-refractivity contribution in [3.63, 3.8) is 0 Å². The van der Waals surface area contributed by atoms with Gasteiger partial charge in [-0.2, -0.15) is 0 Å². The maximum Gasteiger partial charge on any atom is 0.315 e. The predicted molar refractivity (Wildman–Crippen MR) is 199 cm³/mol. The van der Waals surface area contributed by atoms with Crippen LogP contribution in [-0.2, 0) is 30.8 Å². The molecule has 1 aliphatic carbocycles. The van der Waals surface area contributed by atoms with Gasteiger partial charge in [0.25, 0.3) is 0 Å². The van der Waals surface area contributed by atoms with E-state index in [1.807, 2.05) is 65.1 Å². The van der Waals surface area contributed by atoms with Gasteiger partial charge < -0.3 is 31.2 Å². The minimum absolute atomic E-state index is 0.00686. The first-order valence-electron chi connectivity index (χ1n) is 18.0. The van der Waals surface area contributed by atoms with Crippen molar-refractivity contribution in [1.29, 1.82) is 0 Å². The zero-order chi connectivity index (χ0) is 39.8. The zero-order valence-corrected chi connectivity index (χ0v) is 33.3. The third-order valence-corrected chi connectivity index (χ3v) is 12.2. The number of likely N-dealkylation sites (tertiary alicyclic amines) is 1. The lowest BCUT2D eigenvalue weighted by molar-refractivity contribution is -0.144. The van der Waals surface area contributed by atoms with Crippen LogP contribution in [0.2, 0.25) is 0 Å². The summed E-state index contributed by atoms with van der Waals surface area (Å²) in [6.45, 7) is 15.2. The van der Waals surface area contributed by atoms with Crippen LogP contribution in [0.5, 0.6) is 0 Å². The normalized spacial score (nSPS) is 21.5. The van der Waals surface area contributed by atoms with E-state index in [-0.39, 0.29) is 36.9 Å². The van der Waals surface area contributed by atoms with Crippen LogP contribution in [0.3, 0.4) is 0 Å². The summed E-state index contributed by atoms with van der Waals surface area (Å²) in [7, 11) is -2.12. The lowest BCUT2D eigenvalue weighted by atomic mass is 9.85. The molecule has 1 aromatic heterocycles. The summed E-state index contributed by atoms with van der Waals surface area (Å²) in [6.07, 6.45) is -0.442. The number of sulfonamides is 1. The van der Waals surface area contributed by atoms with E-state index >= 15 is 0 Å². The Labute approximate surface area is 311 Å². The Balaban J connectivity index is 1.49. The standard InChI is InChI=1S/C37H57F2N7O6S/c1-35(2,3)26(20-45(9)53(10,51)52)43-34(50)44-30(36(4,5)6)33(49)46-19-23-28(37(23,7)8)29(46)32(48)42-25(17-27(38)39)31(47)40-16-15-21-18-41-24-14-12-11-13-22(21)24/h11-14,18,23,25-30,41H,15-17,19-20H2,1-10H3,(H,40,47)(H,42,48)(H2,43,44,50)/t23-,25-,26+,28-,29-,30+/m0/s1. The fraction of sp³-hybridized carbons (Fsp3) is 0.676. The van der Waals surface area contributed by atoms with Gasteiger partial charge in [0.15, 0.2) is 0 Å². The summed E-state index contributed by atoms with van der Waals surface area (Å²) in [6, 6.07) is 2.65. The molecule has 5 N–H and O–H groups in total. The molecule has 1 aliphatic heterocycles. The van der Waals surface area contributed by atoms with E-state index in [4.69, 9.17) is 0 Å². The van der Waals surface area contributed by atoms with Gasteiger partial charge in [0.05, 0.1) is 6.26 Å². The van der Waals surface area contributed by atoms with Crippen molar-refractivity contribution in [2.75, 3.05) is 32.9 Å². The molecule has 1 aromatic carbocycles. The molecular weight excluding hydrogens is 709 g/mol. The van der Waals surface area contributed by atoms with Crippen LogP contribution in [-0.4, -0.2) is 110 Å². The summed E-state index contributed by atoms with van der Waals surface area (Å²) in [4.78, 5) is 59.7. The van der Waals surface area contributed by atoms with Gasteiger partial charge in [-0.1, -0.05) is 73.6 Å². The van der Waals surface area contributed by atoms with Gasteiger partial charge in [-0.05, 0) is 46.1 Å². The number of para-hydroxylation sites is 1. The number of hydrogen-bond acceptors (Lipinski definition) is 6. The second kappa shape index (κ2) is 15.5. The molecule has 53 heavy (non-hydrogen) atoms. The van der Waals surface area contributed by atoms with E-state index in [0.29, 0.717) is 6.42 Å². The summed E-state index contributed by atoms with van der Waals surface area (Å²) in [5.41, 5.74) is 0.182. The topological polar surface area (TPSA) is 173 Å². The average Bonchev–Trinajstić information content (AvgIpc) is 3.37. The number of piperidine rings is 1. The summed E-state index contributed by atoms with van der Waals surface area (Å²) >= 11 is 0. The minimum Gasteiger partial charge on any atom is -0.361 e. The Morgan fingerprint density at radius 3 is 2.25 bits per heavy atom. The first kappa shape index (κ1) is 42.0. The third-order valence-electron chi connectivity index (χ3n) is 10.9. The van der Waals surface area contributed by atoms with E-state index in [1.54, 1.807) is 20.8 Å². The number of urea groups is 1. The highest BCUT2D eigenvalue weighted by Gasteiger charge is 2.70. The molecule has 2 aliphatic rings. The van der Waals surface area contributed by atoms with Crippen molar-refractivity contribution in [2.45, 2.75) is 98.8 Å². The molecule has 1 saturated carbocycles. The SMILES string of the molecule is CN(C[C@@H](NC(=O)N[C@H](C(=O)N1C[C@H]2[C@@H]([C@H]1C(=O)N[C@@H](CC(F)F)C(=O)NCCc1c[nH]c3ccccc13)C2(C)C)C(C)(C)C)C(C)(C)C)S(C)(=O)=O. The van der Waals surface area contributed by atoms with Crippen LogP contribution in [0.25, 0.3) is 10.9 Å². The maximum atomic E-state index is 14.4. The number of nitrogens with zero attached hydrogens (tertiary/aromatic N) is 2. The van der Waals surface area contributed by atoms with Gasteiger partial charge in [-0.25, -0.2) is 26.3 Å². The molecule has 16 heteroatoms. The highest BCUT2D eigenvalue weighted by molar-refractivity contribution is 7.88. The largest absolute Gasteiger partial charge is 0.361 e. The molecule has 13 nitrogen and oxygen atoms in total. The molecule has 0 unspecified atom stereocenters. The molecular formula is C37H57F2N7O6S. The number of benzene rings is 1. The van der Waals surface area contributed by atoms with Crippen LogP contribution >= 0.6 is 0 Å². The maximum absolute atomic E-state index is 14.4. The quantitative estimate of drug-likeness (QED) is 0.197. The second-order valence-electron chi connectivity index (χ2n) is 17.4.